The van der Waals surface area contributed by atoms with E-state index >= 15 is 0 Å². The van der Waals surface area contributed by atoms with Gasteiger partial charge >= 0.3 is 12.1 Å². The number of fused-ring (bicyclic) bond motifs is 2. The maximum Gasteiger partial charge on any atom is 0.471 e. The predicted octanol–water partition coefficient (Wildman–Crippen LogP) is 5.35. The fraction of sp³-hybridized carbons (Fsp3) is 0.250. The Bertz CT molecular complexity index is 1520. The van der Waals surface area contributed by atoms with Gasteiger partial charge in [-0.15, -0.1) is 0 Å². The summed E-state index contributed by atoms with van der Waals surface area (Å²) >= 11 is 0. The molecule has 2 aromatic carbocycles. The lowest BCUT2D eigenvalue weighted by Gasteiger charge is -2.30. The van der Waals surface area contributed by atoms with Gasteiger partial charge in [-0.25, -0.2) is 4.98 Å². The van der Waals surface area contributed by atoms with Crippen molar-refractivity contribution in [3.05, 3.63) is 77.1 Å². The lowest BCUT2D eigenvalue weighted by molar-refractivity contribution is -0.186. The average molecular weight is 507 g/mol. The first-order chi connectivity index (χ1) is 17.5. The van der Waals surface area contributed by atoms with Crippen molar-refractivity contribution in [2.45, 2.75) is 26.1 Å². The normalized spacial score (nSPS) is 13.5. The molecule has 6 nitrogen and oxygen atoms in total. The maximum absolute atomic E-state index is 13.0. The van der Waals surface area contributed by atoms with Gasteiger partial charge in [-0.05, 0) is 65.4 Å². The van der Waals surface area contributed by atoms with E-state index in [9.17, 15) is 22.8 Å². The number of amides is 2. The van der Waals surface area contributed by atoms with E-state index in [1.165, 1.54) is 4.90 Å². The van der Waals surface area contributed by atoms with Crippen LogP contribution in [0.1, 0.15) is 27.0 Å². The molecular formula is C28H25F3N4O2. The number of rotatable bonds is 3. The minimum Gasteiger partial charge on any atom is -0.346 e. The summed E-state index contributed by atoms with van der Waals surface area (Å²) in [6, 6.07) is 13.2. The third kappa shape index (κ3) is 4.57. The summed E-state index contributed by atoms with van der Waals surface area (Å²) in [7, 11) is 3.41. The van der Waals surface area contributed by atoms with Crippen molar-refractivity contribution in [1.29, 1.82) is 0 Å². The van der Waals surface area contributed by atoms with Crippen molar-refractivity contribution in [2.75, 3.05) is 20.6 Å². The Morgan fingerprint density at radius 2 is 1.76 bits per heavy atom. The minimum absolute atomic E-state index is 0.0463. The fourth-order valence-electron chi connectivity index (χ4n) is 4.89. The smallest absolute Gasteiger partial charge is 0.346 e. The van der Waals surface area contributed by atoms with Gasteiger partial charge in [-0.1, -0.05) is 18.2 Å². The minimum atomic E-state index is -4.89. The summed E-state index contributed by atoms with van der Waals surface area (Å²) in [4.78, 5) is 34.2. The molecule has 37 heavy (non-hydrogen) atoms. The van der Waals surface area contributed by atoms with Crippen LogP contribution in [0.5, 0.6) is 0 Å². The molecule has 1 aliphatic heterocycles. The van der Waals surface area contributed by atoms with Crippen molar-refractivity contribution in [1.82, 2.24) is 19.8 Å². The molecule has 0 unspecified atom stereocenters. The van der Waals surface area contributed by atoms with E-state index in [1.807, 2.05) is 43.5 Å². The number of aromatic nitrogens is 2. The van der Waals surface area contributed by atoms with Gasteiger partial charge in [0.05, 0.1) is 0 Å². The molecule has 0 radical (unpaired) electrons. The van der Waals surface area contributed by atoms with Crippen LogP contribution in [0.4, 0.5) is 13.2 Å². The molecule has 0 atom stereocenters. The number of alkyl halides is 3. The lowest BCUT2D eigenvalue weighted by Crippen LogP contribution is -2.43. The first-order valence-corrected chi connectivity index (χ1v) is 11.8. The topological polar surface area (TPSA) is 69.3 Å². The number of benzene rings is 2. The molecule has 0 bridgehead atoms. The first-order valence-electron chi connectivity index (χ1n) is 11.8. The summed E-state index contributed by atoms with van der Waals surface area (Å²) < 4.78 is 39.0. The van der Waals surface area contributed by atoms with Gasteiger partial charge in [0.15, 0.2) is 0 Å². The van der Waals surface area contributed by atoms with E-state index in [2.05, 4.69) is 9.97 Å². The van der Waals surface area contributed by atoms with E-state index in [-0.39, 0.29) is 19.0 Å². The van der Waals surface area contributed by atoms with E-state index in [4.69, 9.17) is 0 Å². The molecule has 2 aromatic heterocycles. The third-order valence-electron chi connectivity index (χ3n) is 6.80. The van der Waals surface area contributed by atoms with Gasteiger partial charge in [-0.2, -0.15) is 13.2 Å². The van der Waals surface area contributed by atoms with E-state index in [0.717, 1.165) is 49.2 Å². The van der Waals surface area contributed by atoms with Crippen molar-refractivity contribution in [3.63, 3.8) is 0 Å². The van der Waals surface area contributed by atoms with Gasteiger partial charge < -0.3 is 14.8 Å². The number of carbonyl (C=O) groups excluding carboxylic acids is 2. The van der Waals surface area contributed by atoms with Gasteiger partial charge in [0.25, 0.3) is 5.91 Å². The van der Waals surface area contributed by atoms with Gasteiger partial charge in [0.2, 0.25) is 0 Å². The van der Waals surface area contributed by atoms with Gasteiger partial charge in [0, 0.05) is 61.7 Å². The number of pyridine rings is 1. The molecule has 1 N–H and O–H groups in total. The molecule has 1 aliphatic rings. The number of hydrogen-bond donors (Lipinski definition) is 1. The first kappa shape index (κ1) is 24.5. The highest BCUT2D eigenvalue weighted by Gasteiger charge is 2.43. The van der Waals surface area contributed by atoms with Gasteiger partial charge in [-0.3, -0.25) is 9.59 Å². The number of halogens is 3. The molecule has 0 saturated heterocycles. The largest absolute Gasteiger partial charge is 0.471 e. The summed E-state index contributed by atoms with van der Waals surface area (Å²) in [6.07, 6.45) is -0.913. The molecule has 0 spiro atoms. The number of hydrogen-bond acceptors (Lipinski definition) is 3. The van der Waals surface area contributed by atoms with Crippen LogP contribution < -0.4 is 0 Å². The standard InChI is InChI=1S/C28H25F3N4O2/c1-16-10-19(11-21-15-35(9-8-22(16)21)27(37)28(29,30)31)20-12-23-24(14-33-25(23)32-13-20)17-4-6-18(7-5-17)26(36)34(2)3/h4-7,10-14H,8-9,15H2,1-3H3,(H,32,33). The second-order valence-corrected chi connectivity index (χ2v) is 9.50. The highest BCUT2D eigenvalue weighted by atomic mass is 19.4. The highest BCUT2D eigenvalue weighted by molar-refractivity contribution is 5.98. The zero-order valence-corrected chi connectivity index (χ0v) is 20.6. The maximum atomic E-state index is 13.0. The van der Waals surface area contributed by atoms with Crippen LogP contribution in [0.3, 0.4) is 0 Å². The monoisotopic (exact) mass is 506 g/mol. The number of aryl methyl sites for hydroxylation is 1. The number of carbonyl (C=O) groups is 2. The van der Waals surface area contributed by atoms with Crippen LogP contribution in [0.2, 0.25) is 0 Å². The molecular weight excluding hydrogens is 481 g/mol. The zero-order valence-electron chi connectivity index (χ0n) is 20.6. The number of H-pyrrole nitrogens is 1. The van der Waals surface area contributed by atoms with Crippen molar-refractivity contribution in [3.8, 4) is 22.3 Å². The van der Waals surface area contributed by atoms with Crippen molar-refractivity contribution < 1.29 is 22.8 Å². The van der Waals surface area contributed by atoms with Crippen LogP contribution in [0, 0.1) is 6.92 Å². The molecule has 3 heterocycles. The van der Waals surface area contributed by atoms with Crippen LogP contribution in [0.25, 0.3) is 33.3 Å². The SMILES string of the molecule is Cc1cc(-c2cnc3[nH]cc(-c4ccc(C(=O)N(C)C)cc4)c3c2)cc2c1CCN(C(=O)C(F)(F)F)C2. The van der Waals surface area contributed by atoms with Crippen molar-refractivity contribution >= 4 is 22.8 Å². The molecule has 5 rings (SSSR count). The van der Waals surface area contributed by atoms with Crippen LogP contribution in [-0.2, 0) is 17.8 Å². The Morgan fingerprint density at radius 1 is 1.03 bits per heavy atom. The Kier molecular flexibility index (Phi) is 6.01. The number of nitrogens with one attached hydrogen (secondary N) is 1. The van der Waals surface area contributed by atoms with E-state index in [0.29, 0.717) is 17.6 Å². The third-order valence-corrected chi connectivity index (χ3v) is 6.80. The Hall–Kier alpha value is -4.14. The average Bonchev–Trinajstić information content (AvgIpc) is 3.30. The lowest BCUT2D eigenvalue weighted by atomic mass is 9.90. The molecule has 4 aromatic rings. The summed E-state index contributed by atoms with van der Waals surface area (Å²) in [6.45, 7) is 1.91. The van der Waals surface area contributed by atoms with E-state index in [1.54, 1.807) is 32.4 Å². The summed E-state index contributed by atoms with van der Waals surface area (Å²) in [5.41, 5.74) is 7.45. The molecule has 0 aliphatic carbocycles. The Labute approximate surface area is 211 Å². The zero-order chi connectivity index (χ0) is 26.5. The molecule has 190 valence electrons. The predicted molar refractivity (Wildman–Crippen MR) is 135 cm³/mol. The van der Waals surface area contributed by atoms with Crippen molar-refractivity contribution in [2.24, 2.45) is 0 Å². The number of nitrogens with zero attached hydrogens (tertiary/aromatic N) is 3. The van der Waals surface area contributed by atoms with Crippen LogP contribution in [-0.4, -0.2) is 58.4 Å². The van der Waals surface area contributed by atoms with E-state index < -0.39 is 12.1 Å². The number of aromatic amines is 1. The second kappa shape index (κ2) is 9.06. The quantitative estimate of drug-likeness (QED) is 0.407. The highest BCUT2D eigenvalue weighted by Crippen LogP contribution is 2.34. The molecule has 0 fully saturated rings. The summed E-state index contributed by atoms with van der Waals surface area (Å²) in [5.74, 6) is -1.88. The fourth-order valence-corrected chi connectivity index (χ4v) is 4.89. The molecule has 9 heteroatoms. The second-order valence-electron chi connectivity index (χ2n) is 9.50. The van der Waals surface area contributed by atoms with Crippen LogP contribution in [0.15, 0.2) is 54.9 Å². The molecule has 0 saturated carbocycles. The Balaban J connectivity index is 1.50. The van der Waals surface area contributed by atoms with Crippen LogP contribution >= 0.6 is 0 Å². The molecule has 2 amide bonds. The summed E-state index contributed by atoms with van der Waals surface area (Å²) in [5, 5.41) is 0.883. The van der Waals surface area contributed by atoms with Gasteiger partial charge in [0.1, 0.15) is 5.65 Å². The Morgan fingerprint density at radius 3 is 2.43 bits per heavy atom.